The smallest absolute Gasteiger partial charge is 0.418 e. The predicted molar refractivity (Wildman–Crippen MR) is 110 cm³/mol. The summed E-state index contributed by atoms with van der Waals surface area (Å²) in [4.78, 5) is 12.4. The fourth-order valence-corrected chi connectivity index (χ4v) is 3.09. The number of nitrogens with zero attached hydrogens (tertiary/aromatic N) is 1. The van der Waals surface area contributed by atoms with Gasteiger partial charge in [-0.2, -0.15) is 18.4 Å². The van der Waals surface area contributed by atoms with Crippen LogP contribution in [0.5, 0.6) is 11.5 Å². The maximum atomic E-state index is 13.1. The maximum Gasteiger partial charge on any atom is 0.418 e. The van der Waals surface area contributed by atoms with E-state index in [4.69, 9.17) is 9.47 Å². The summed E-state index contributed by atoms with van der Waals surface area (Å²) >= 11 is 3.36. The quantitative estimate of drug-likeness (QED) is 0.399. The lowest BCUT2D eigenvalue weighted by molar-refractivity contribution is -0.137. The number of nitriles is 1. The number of hydrogen-bond acceptors (Lipinski definition) is 4. The minimum Gasteiger partial charge on any atom is -0.493 e. The van der Waals surface area contributed by atoms with Gasteiger partial charge in [-0.3, -0.25) is 4.79 Å². The molecule has 1 N–H and O–H groups in total. The molecule has 0 unspecified atom stereocenters. The van der Waals surface area contributed by atoms with Crippen molar-refractivity contribution < 1.29 is 27.4 Å². The normalized spacial score (nSPS) is 11.6. The molecule has 1 amide bonds. The zero-order valence-electron chi connectivity index (χ0n) is 16.1. The summed E-state index contributed by atoms with van der Waals surface area (Å²) in [5.74, 6) is -0.113. The zero-order chi connectivity index (χ0) is 22.3. The molecule has 0 aromatic heterocycles. The number of rotatable bonds is 7. The van der Waals surface area contributed by atoms with E-state index < -0.39 is 23.3 Å². The van der Waals surface area contributed by atoms with E-state index in [1.165, 1.54) is 25.3 Å². The SMILES string of the molecule is CCCOc1c(Br)cc(/C=C(\C#N)C(=O)Nc2ccccc2C(F)(F)F)cc1OC. The van der Waals surface area contributed by atoms with Crippen LogP contribution < -0.4 is 14.8 Å². The molecule has 0 radical (unpaired) electrons. The number of amides is 1. The van der Waals surface area contributed by atoms with E-state index in [0.717, 1.165) is 18.6 Å². The molecule has 9 heteroatoms. The Morgan fingerprint density at radius 1 is 1.30 bits per heavy atom. The van der Waals surface area contributed by atoms with Gasteiger partial charge >= 0.3 is 6.18 Å². The van der Waals surface area contributed by atoms with Gasteiger partial charge in [0, 0.05) is 0 Å². The summed E-state index contributed by atoms with van der Waals surface area (Å²) < 4.78 is 50.8. The first-order chi connectivity index (χ1) is 14.2. The van der Waals surface area contributed by atoms with Crippen molar-refractivity contribution in [3.63, 3.8) is 0 Å². The summed E-state index contributed by atoms with van der Waals surface area (Å²) in [7, 11) is 1.44. The molecule has 5 nitrogen and oxygen atoms in total. The molecule has 158 valence electrons. The van der Waals surface area contributed by atoms with Gasteiger partial charge in [-0.25, -0.2) is 0 Å². The van der Waals surface area contributed by atoms with Gasteiger partial charge < -0.3 is 14.8 Å². The summed E-state index contributed by atoms with van der Waals surface area (Å²) in [6, 6.07) is 9.43. The van der Waals surface area contributed by atoms with Crippen LogP contribution in [0.1, 0.15) is 24.5 Å². The monoisotopic (exact) mass is 482 g/mol. The molecule has 0 spiro atoms. The molecular weight excluding hydrogens is 465 g/mol. The van der Waals surface area contributed by atoms with Gasteiger partial charge in [-0.05, 0) is 58.3 Å². The van der Waals surface area contributed by atoms with Crippen molar-refractivity contribution >= 4 is 33.6 Å². The van der Waals surface area contributed by atoms with Crippen molar-refractivity contribution in [3.8, 4) is 17.6 Å². The van der Waals surface area contributed by atoms with Crippen molar-refractivity contribution in [2.24, 2.45) is 0 Å². The number of benzene rings is 2. The molecule has 0 bridgehead atoms. The van der Waals surface area contributed by atoms with Crippen molar-refractivity contribution in [2.75, 3.05) is 19.0 Å². The highest BCUT2D eigenvalue weighted by atomic mass is 79.9. The number of hydrogen-bond donors (Lipinski definition) is 1. The van der Waals surface area contributed by atoms with Crippen molar-refractivity contribution in [2.45, 2.75) is 19.5 Å². The fourth-order valence-electron chi connectivity index (χ4n) is 2.51. The Bertz CT molecular complexity index is 998. The number of anilines is 1. The number of nitrogens with one attached hydrogen (secondary N) is 1. The van der Waals surface area contributed by atoms with Crippen LogP contribution in [0.25, 0.3) is 6.08 Å². The van der Waals surface area contributed by atoms with Gasteiger partial charge in [0.1, 0.15) is 11.6 Å². The maximum absolute atomic E-state index is 13.1. The molecule has 0 atom stereocenters. The van der Waals surface area contributed by atoms with Crippen LogP contribution in [0.2, 0.25) is 0 Å². The average molecular weight is 483 g/mol. The largest absolute Gasteiger partial charge is 0.493 e. The molecule has 2 rings (SSSR count). The average Bonchev–Trinajstić information content (AvgIpc) is 2.70. The summed E-state index contributed by atoms with van der Waals surface area (Å²) in [5.41, 5.74) is -1.38. The highest BCUT2D eigenvalue weighted by Gasteiger charge is 2.33. The van der Waals surface area contributed by atoms with Gasteiger partial charge in [-0.1, -0.05) is 19.1 Å². The van der Waals surface area contributed by atoms with Crippen molar-refractivity contribution in [3.05, 3.63) is 57.6 Å². The second-order valence-corrected chi connectivity index (χ2v) is 6.90. The first kappa shape index (κ1) is 23.3. The molecule has 2 aromatic carbocycles. The van der Waals surface area contributed by atoms with E-state index in [-0.39, 0.29) is 5.57 Å². The minimum atomic E-state index is -4.65. The van der Waals surface area contributed by atoms with Crippen LogP contribution in [0, 0.1) is 11.3 Å². The van der Waals surface area contributed by atoms with Gasteiger partial charge in [0.2, 0.25) is 0 Å². The van der Waals surface area contributed by atoms with E-state index in [2.05, 4.69) is 21.2 Å². The second-order valence-electron chi connectivity index (χ2n) is 6.05. The third-order valence-corrected chi connectivity index (χ3v) is 4.45. The minimum absolute atomic E-state index is 0.372. The number of carbonyl (C=O) groups excluding carboxylic acids is 1. The van der Waals surface area contributed by atoms with Crippen molar-refractivity contribution in [1.29, 1.82) is 5.26 Å². The van der Waals surface area contributed by atoms with E-state index >= 15 is 0 Å². The third-order valence-electron chi connectivity index (χ3n) is 3.86. The lowest BCUT2D eigenvalue weighted by atomic mass is 10.1. The Labute approximate surface area is 180 Å². The Morgan fingerprint density at radius 3 is 2.60 bits per heavy atom. The Morgan fingerprint density at radius 2 is 2.00 bits per heavy atom. The molecule has 0 saturated heterocycles. The summed E-state index contributed by atoms with van der Waals surface area (Å²) in [6.45, 7) is 2.42. The number of alkyl halides is 3. The Balaban J connectivity index is 2.36. The van der Waals surface area contributed by atoms with Crippen LogP contribution in [-0.2, 0) is 11.0 Å². The van der Waals surface area contributed by atoms with E-state index in [0.29, 0.717) is 28.1 Å². The molecule has 0 aliphatic rings. The number of methoxy groups -OCH3 is 1. The van der Waals surface area contributed by atoms with E-state index in [1.54, 1.807) is 18.2 Å². The Kier molecular flexibility index (Phi) is 7.89. The number of carbonyl (C=O) groups is 1. The number of halogens is 4. The number of ether oxygens (including phenoxy) is 2. The second kappa shape index (κ2) is 10.2. The molecule has 2 aromatic rings. The topological polar surface area (TPSA) is 71.3 Å². The molecule has 0 fully saturated rings. The molecule has 0 saturated carbocycles. The van der Waals surface area contributed by atoms with Crippen LogP contribution in [0.15, 0.2) is 46.4 Å². The van der Waals surface area contributed by atoms with Gasteiger partial charge in [0.25, 0.3) is 5.91 Å². The van der Waals surface area contributed by atoms with Gasteiger partial charge in [-0.15, -0.1) is 0 Å². The van der Waals surface area contributed by atoms with Crippen LogP contribution in [-0.4, -0.2) is 19.6 Å². The fraction of sp³-hybridized carbons (Fsp3) is 0.238. The lowest BCUT2D eigenvalue weighted by Gasteiger charge is -2.14. The first-order valence-corrected chi connectivity index (χ1v) is 9.60. The van der Waals surface area contributed by atoms with E-state index in [9.17, 15) is 23.2 Å². The highest BCUT2D eigenvalue weighted by Crippen LogP contribution is 2.38. The summed E-state index contributed by atoms with van der Waals surface area (Å²) in [6.07, 6.45) is -2.61. The van der Waals surface area contributed by atoms with Gasteiger partial charge in [0.15, 0.2) is 11.5 Å². The molecule has 0 heterocycles. The highest BCUT2D eigenvalue weighted by molar-refractivity contribution is 9.10. The van der Waals surface area contributed by atoms with Crippen LogP contribution in [0.3, 0.4) is 0 Å². The molecule has 0 aliphatic carbocycles. The Hall–Kier alpha value is -2.99. The third kappa shape index (κ3) is 5.76. The molecule has 0 aliphatic heterocycles. The first-order valence-electron chi connectivity index (χ1n) is 8.81. The van der Waals surface area contributed by atoms with Crippen LogP contribution in [0.4, 0.5) is 18.9 Å². The van der Waals surface area contributed by atoms with Crippen molar-refractivity contribution in [1.82, 2.24) is 0 Å². The zero-order valence-corrected chi connectivity index (χ0v) is 17.7. The predicted octanol–water partition coefficient (Wildman–Crippen LogP) is 5.81. The van der Waals surface area contributed by atoms with Gasteiger partial charge in [0.05, 0.1) is 29.4 Å². The molecule has 30 heavy (non-hydrogen) atoms. The van der Waals surface area contributed by atoms with Crippen LogP contribution >= 0.6 is 15.9 Å². The van der Waals surface area contributed by atoms with E-state index in [1.807, 2.05) is 6.92 Å². The standard InChI is InChI=1S/C21H18BrF3N2O3/c1-3-8-30-19-16(22)10-13(11-18(19)29-2)9-14(12-26)20(28)27-17-7-5-4-6-15(17)21(23,24)25/h4-7,9-11H,3,8H2,1-2H3,(H,27,28)/b14-9+. The lowest BCUT2D eigenvalue weighted by Crippen LogP contribution is -2.17. The summed E-state index contributed by atoms with van der Waals surface area (Å²) in [5, 5.41) is 11.5. The number of para-hydroxylation sites is 1. The molecular formula is C21H18BrF3N2O3.